The number of imidazole rings is 3. The average Bonchev–Trinajstić information content (AvgIpc) is 3.88. The van der Waals surface area contributed by atoms with Gasteiger partial charge in [-0.1, -0.05) is 6.92 Å². The van der Waals surface area contributed by atoms with Gasteiger partial charge in [-0.15, -0.1) is 0 Å². The Morgan fingerprint density at radius 2 is 1.00 bits per heavy atom. The summed E-state index contributed by atoms with van der Waals surface area (Å²) < 4.78 is 44.6. The maximum atomic E-state index is 12.3. The van der Waals surface area contributed by atoms with Gasteiger partial charge in [0.1, 0.15) is 82.2 Å². The van der Waals surface area contributed by atoms with Crippen LogP contribution >= 0.6 is 0 Å². The highest BCUT2D eigenvalue weighted by Crippen LogP contribution is 2.24. The second-order valence-electron chi connectivity index (χ2n) is 15.7. The molecule has 418 valence electrons. The van der Waals surface area contributed by atoms with E-state index in [9.17, 15) is 24.9 Å². The standard InChI is InChI=1S/C38H69N6O11Si2.12ClH/c1-7-34(45)29-51-16-8-22-56(3,4)55-57(5,6)23-9-17-52-30-36(47)26-42-13-12-40(32-42)24-35(46)25-41-14-15-44(33-41)28-38(49)54-21-19-50-18-20-53-37(48)27-43-11-10-39(2)31-43;;;;;;;;;;;;/h10-15,31-36,45-47H,7-9,16-30H2,1-6H3;12*1H/q+3;;;;;;;;;;;;/p-12. The van der Waals surface area contributed by atoms with Crippen molar-refractivity contribution in [3.8, 4) is 0 Å². The summed E-state index contributed by atoms with van der Waals surface area (Å²) in [6.07, 6.45) is 17.0. The van der Waals surface area contributed by atoms with E-state index in [4.69, 9.17) is 27.8 Å². The molecule has 0 bridgehead atoms. The molecule has 69 heavy (non-hydrogen) atoms. The fourth-order valence-electron chi connectivity index (χ4n) is 6.26. The first-order valence-electron chi connectivity index (χ1n) is 20.0. The van der Waals surface area contributed by atoms with Gasteiger partial charge < -0.3 is 192 Å². The van der Waals surface area contributed by atoms with E-state index in [1.807, 2.05) is 52.6 Å². The van der Waals surface area contributed by atoms with Crippen LogP contribution in [0.4, 0.5) is 0 Å². The topological polar surface area (TPSA) is 177 Å². The second kappa shape index (κ2) is 50.4. The molecule has 3 heterocycles. The van der Waals surface area contributed by atoms with E-state index in [0.717, 1.165) is 24.9 Å². The van der Waals surface area contributed by atoms with Crippen molar-refractivity contribution in [1.29, 1.82) is 0 Å². The Morgan fingerprint density at radius 3 is 1.49 bits per heavy atom. The number of carbonyl (C=O) groups is 2. The summed E-state index contributed by atoms with van der Waals surface area (Å²) in [4.78, 5) is 24.1. The van der Waals surface area contributed by atoms with Crippen LogP contribution in [-0.4, -0.2) is 129 Å². The zero-order valence-corrected chi connectivity index (χ0v) is 50.6. The number of aliphatic hydroxyl groups excluding tert-OH is 3. The Bertz CT molecular complexity index is 1630. The number of aromatic nitrogens is 6. The number of nitrogens with zero attached hydrogens (tertiary/aromatic N) is 6. The fourth-order valence-corrected chi connectivity index (χ4v) is 15.0. The molecule has 0 radical (unpaired) electrons. The van der Waals surface area contributed by atoms with Crippen LogP contribution in [0.3, 0.4) is 0 Å². The lowest BCUT2D eigenvalue weighted by Gasteiger charge is -2.34. The normalized spacial score (nSPS) is 11.4. The van der Waals surface area contributed by atoms with E-state index >= 15 is 0 Å². The molecular weight excluding hydrogens is 1200 g/mol. The van der Waals surface area contributed by atoms with Crippen molar-refractivity contribution in [3.63, 3.8) is 0 Å². The Hall–Kier alpha value is 0.204. The first-order chi connectivity index (χ1) is 27.1. The minimum absolute atomic E-state index is 0. The van der Waals surface area contributed by atoms with E-state index < -0.39 is 34.8 Å². The summed E-state index contributed by atoms with van der Waals surface area (Å²) in [6.45, 7) is 14.6. The van der Waals surface area contributed by atoms with Gasteiger partial charge in [-0.3, -0.25) is 0 Å². The molecule has 0 saturated heterocycles. The zero-order chi connectivity index (χ0) is 41.7. The van der Waals surface area contributed by atoms with Crippen LogP contribution in [0.2, 0.25) is 38.3 Å². The molecule has 0 aliphatic carbocycles. The number of hydrogen-bond donors (Lipinski definition) is 3. The minimum Gasteiger partial charge on any atom is -1.00 e. The number of hydrogen-bond acceptors (Lipinski definition) is 11. The number of aliphatic hydroxyl groups is 3. The van der Waals surface area contributed by atoms with E-state index in [0.29, 0.717) is 45.9 Å². The van der Waals surface area contributed by atoms with Crippen LogP contribution in [0.25, 0.3) is 0 Å². The Balaban J connectivity index is -0.000000363. The first kappa shape index (κ1) is 91.8. The molecule has 0 fully saturated rings. The Morgan fingerprint density at radius 1 is 0.551 bits per heavy atom. The molecule has 3 rings (SSSR count). The number of halogens is 12. The molecular formula is C38H69Cl12N6O11Si2-9. The molecule has 3 N–H and O–H groups in total. The summed E-state index contributed by atoms with van der Waals surface area (Å²) in [5.74, 6) is -0.783. The highest BCUT2D eigenvalue weighted by atomic mass is 35.5. The molecule has 0 saturated carbocycles. The van der Waals surface area contributed by atoms with Gasteiger partial charge in [0.05, 0.1) is 39.6 Å². The van der Waals surface area contributed by atoms with Gasteiger partial charge in [0.25, 0.3) is 0 Å². The summed E-state index contributed by atoms with van der Waals surface area (Å²) in [5.41, 5.74) is 0. The molecule has 0 spiro atoms. The number of rotatable bonds is 31. The van der Waals surface area contributed by atoms with Crippen LogP contribution < -0.4 is 163 Å². The summed E-state index contributed by atoms with van der Waals surface area (Å²) in [7, 11) is -1.80. The molecule has 0 amide bonds. The van der Waals surface area contributed by atoms with Crippen LogP contribution in [-0.2, 0) is 77.2 Å². The number of carbonyl (C=O) groups excluding carboxylic acids is 2. The van der Waals surface area contributed by atoms with Gasteiger partial charge in [0.15, 0.2) is 29.7 Å². The Labute approximate surface area is 485 Å². The van der Waals surface area contributed by atoms with E-state index in [1.165, 1.54) is 0 Å². The molecule has 17 nitrogen and oxygen atoms in total. The van der Waals surface area contributed by atoms with Crippen LogP contribution in [0.1, 0.15) is 26.2 Å². The summed E-state index contributed by atoms with van der Waals surface area (Å²) in [5, 5.41) is 30.9. The van der Waals surface area contributed by atoms with Crippen molar-refractivity contribution < 1.29 is 215 Å². The van der Waals surface area contributed by atoms with Gasteiger partial charge >= 0.3 is 11.9 Å². The van der Waals surface area contributed by atoms with Crippen LogP contribution in [0.5, 0.6) is 0 Å². The lowest BCUT2D eigenvalue weighted by Crippen LogP contribution is -3.00. The minimum atomic E-state index is -1.85. The maximum Gasteiger partial charge on any atom is 0.348 e. The molecule has 3 unspecified atom stereocenters. The highest BCUT2D eigenvalue weighted by molar-refractivity contribution is 6.84. The maximum absolute atomic E-state index is 12.3. The van der Waals surface area contributed by atoms with Crippen molar-refractivity contribution in [1.82, 2.24) is 13.7 Å². The van der Waals surface area contributed by atoms with Crippen molar-refractivity contribution in [3.05, 3.63) is 56.2 Å². The quantitative estimate of drug-likeness (QED) is 0.0242. The molecule has 0 aliphatic rings. The highest BCUT2D eigenvalue weighted by Gasteiger charge is 2.32. The lowest BCUT2D eigenvalue weighted by atomic mass is 10.3. The predicted molar refractivity (Wildman–Crippen MR) is 212 cm³/mol. The van der Waals surface area contributed by atoms with Crippen LogP contribution in [0, 0.1) is 0 Å². The largest absolute Gasteiger partial charge is 1.00 e. The van der Waals surface area contributed by atoms with Crippen molar-refractivity contribution >= 4 is 28.6 Å². The molecule has 3 aromatic rings. The van der Waals surface area contributed by atoms with Gasteiger partial charge in [-0.2, -0.15) is 0 Å². The molecule has 0 aliphatic heterocycles. The van der Waals surface area contributed by atoms with Gasteiger partial charge in [-0.25, -0.2) is 37.0 Å². The summed E-state index contributed by atoms with van der Waals surface area (Å²) >= 11 is 0. The Kier molecular flexibility index (Phi) is 67.0. The van der Waals surface area contributed by atoms with Crippen molar-refractivity contribution in [2.45, 2.75) is 115 Å². The van der Waals surface area contributed by atoms with E-state index in [-0.39, 0.29) is 207 Å². The predicted octanol–water partition coefficient (Wildman–Crippen LogP) is -35.2. The van der Waals surface area contributed by atoms with E-state index in [1.54, 1.807) is 44.9 Å². The third-order valence-electron chi connectivity index (χ3n) is 8.97. The number of esters is 2. The van der Waals surface area contributed by atoms with Crippen molar-refractivity contribution in [2.75, 3.05) is 52.9 Å². The zero-order valence-electron chi connectivity index (χ0n) is 39.5. The smallest absolute Gasteiger partial charge is 0.348 e. The van der Waals surface area contributed by atoms with Gasteiger partial charge in [0, 0.05) is 13.2 Å². The van der Waals surface area contributed by atoms with Gasteiger partial charge in [-0.05, 0) is 57.5 Å². The second-order valence-corrected chi connectivity index (χ2v) is 24.6. The fraction of sp³-hybridized carbons (Fsp3) is 0.711. The molecule has 31 heteroatoms. The van der Waals surface area contributed by atoms with Gasteiger partial charge in [0.2, 0.25) is 19.0 Å². The van der Waals surface area contributed by atoms with Crippen LogP contribution in [0.15, 0.2) is 56.2 Å². The average molecular weight is 1270 g/mol. The van der Waals surface area contributed by atoms with E-state index in [2.05, 4.69) is 26.2 Å². The number of ether oxygens (including phenoxy) is 5. The molecule has 3 atom stereocenters. The third kappa shape index (κ3) is 43.2. The number of aryl methyl sites for hydroxylation is 1. The first-order valence-corrected chi connectivity index (χ1v) is 26.2. The molecule has 0 aromatic carbocycles. The summed E-state index contributed by atoms with van der Waals surface area (Å²) in [6, 6.07) is 2.02. The SMILES string of the molecule is CCC(O)COCCC[Si](C)(C)O[Si](C)(C)CCCOCC(O)Cn1cc[n+](CC(O)Cn2cc[n+](CC(=O)OCCOCCOC(=O)Cn3cc[n+](C)c3)c2)c1.[Cl-].[Cl-].[Cl-].[Cl-].[Cl-].[Cl-].[Cl-].[Cl-].[Cl-].[Cl-].[Cl-].[Cl-]. The monoisotopic (exact) mass is 1260 g/mol. The lowest BCUT2D eigenvalue weighted by molar-refractivity contribution is -0.703. The third-order valence-corrected chi connectivity index (χ3v) is 16.5. The molecule has 3 aromatic heterocycles. The van der Waals surface area contributed by atoms with Crippen molar-refractivity contribution in [2.24, 2.45) is 7.05 Å².